The molecule has 6 rings (SSSR count). The molecule has 12 heteroatoms. The predicted octanol–water partition coefficient (Wildman–Crippen LogP) is 2.93. The van der Waals surface area contributed by atoms with Gasteiger partial charge in [-0.15, -0.1) is 11.3 Å². The number of sulfonamides is 1. The summed E-state index contributed by atoms with van der Waals surface area (Å²) in [5.41, 5.74) is 2.86. The summed E-state index contributed by atoms with van der Waals surface area (Å²) in [5.74, 6) is 1.65. The van der Waals surface area contributed by atoms with Crippen LogP contribution >= 0.6 is 11.3 Å². The van der Waals surface area contributed by atoms with E-state index in [9.17, 15) is 8.42 Å². The number of morpholine rings is 1. The number of benzene rings is 1. The molecule has 0 unspecified atom stereocenters. The molecule has 3 aromatic heterocycles. The highest BCUT2D eigenvalue weighted by Gasteiger charge is 2.23. The van der Waals surface area contributed by atoms with Crippen molar-refractivity contribution >= 4 is 48.3 Å². The number of aromatic amines is 1. The van der Waals surface area contributed by atoms with E-state index >= 15 is 0 Å². The van der Waals surface area contributed by atoms with Crippen molar-refractivity contribution in [2.45, 2.75) is 19.4 Å². The normalized spacial score (nSPS) is 18.9. The Morgan fingerprint density at radius 3 is 2.73 bits per heavy atom. The summed E-state index contributed by atoms with van der Waals surface area (Å²) in [7, 11) is -3.17. The number of thiophene rings is 1. The van der Waals surface area contributed by atoms with Crippen molar-refractivity contribution in [3.05, 3.63) is 35.3 Å². The van der Waals surface area contributed by atoms with Crippen molar-refractivity contribution in [1.82, 2.24) is 29.4 Å². The SMILES string of the molecule is CS(=O)(=O)N1CCCCN(Cc2cc3nc(-c4cccc5[nH]ncc45)nc(N4CCOCC4)c3s2)CC1. The molecule has 4 aromatic rings. The Labute approximate surface area is 220 Å². The number of hydrogen-bond acceptors (Lipinski definition) is 9. The van der Waals surface area contributed by atoms with Crippen LogP contribution in [0.15, 0.2) is 30.5 Å². The Hall–Kier alpha value is -2.64. The molecular weight excluding hydrogens is 510 g/mol. The molecule has 5 heterocycles. The summed E-state index contributed by atoms with van der Waals surface area (Å²) in [5, 5.41) is 8.25. The van der Waals surface area contributed by atoms with Gasteiger partial charge in [-0.25, -0.2) is 22.7 Å². The second-order valence-electron chi connectivity index (χ2n) is 9.68. The van der Waals surface area contributed by atoms with Crippen LogP contribution in [-0.2, 0) is 21.3 Å². The van der Waals surface area contributed by atoms with Gasteiger partial charge in [0.2, 0.25) is 10.0 Å². The number of fused-ring (bicyclic) bond motifs is 2. The summed E-state index contributed by atoms with van der Waals surface area (Å²) in [6.07, 6.45) is 4.99. The van der Waals surface area contributed by atoms with Crippen LogP contribution in [0.4, 0.5) is 5.82 Å². The molecule has 2 fully saturated rings. The maximum atomic E-state index is 12.1. The van der Waals surface area contributed by atoms with Gasteiger partial charge >= 0.3 is 0 Å². The lowest BCUT2D eigenvalue weighted by molar-refractivity contribution is 0.122. The third kappa shape index (κ3) is 5.21. The van der Waals surface area contributed by atoms with Gasteiger partial charge in [0.15, 0.2) is 11.6 Å². The summed E-state index contributed by atoms with van der Waals surface area (Å²) in [6.45, 7) is 6.54. The summed E-state index contributed by atoms with van der Waals surface area (Å²) in [6, 6.07) is 8.23. The van der Waals surface area contributed by atoms with Gasteiger partial charge in [0.1, 0.15) is 0 Å². The van der Waals surface area contributed by atoms with Gasteiger partial charge in [-0.05, 0) is 31.5 Å². The second-order valence-corrected chi connectivity index (χ2v) is 12.8. The monoisotopic (exact) mass is 541 g/mol. The van der Waals surface area contributed by atoms with E-state index < -0.39 is 10.0 Å². The first-order valence-electron chi connectivity index (χ1n) is 12.7. The molecule has 2 aliphatic heterocycles. The molecule has 196 valence electrons. The topological polar surface area (TPSA) is 108 Å². The van der Waals surface area contributed by atoms with Crippen molar-refractivity contribution in [2.75, 3.05) is 63.6 Å². The summed E-state index contributed by atoms with van der Waals surface area (Å²) >= 11 is 1.74. The number of rotatable bonds is 5. The number of nitrogens with one attached hydrogen (secondary N) is 1. The van der Waals surface area contributed by atoms with Gasteiger partial charge in [-0.3, -0.25) is 10.00 Å². The first-order chi connectivity index (χ1) is 18.0. The third-order valence-electron chi connectivity index (χ3n) is 7.09. The number of H-pyrrole nitrogens is 1. The number of ether oxygens (including phenoxy) is 1. The molecule has 0 aliphatic carbocycles. The number of anilines is 1. The van der Waals surface area contributed by atoms with Crippen LogP contribution in [0.25, 0.3) is 32.5 Å². The Bertz CT molecular complexity index is 1510. The minimum atomic E-state index is -3.17. The van der Waals surface area contributed by atoms with Gasteiger partial charge in [-0.2, -0.15) is 5.10 Å². The van der Waals surface area contributed by atoms with Crippen molar-refractivity contribution in [2.24, 2.45) is 0 Å². The molecule has 1 N–H and O–H groups in total. The Balaban J connectivity index is 1.35. The average Bonchev–Trinajstić information content (AvgIpc) is 3.51. The van der Waals surface area contributed by atoms with E-state index in [0.29, 0.717) is 32.1 Å². The second kappa shape index (κ2) is 10.3. The van der Waals surface area contributed by atoms with Crippen LogP contribution in [0, 0.1) is 0 Å². The molecule has 10 nitrogen and oxygen atoms in total. The molecular formula is C25H31N7O3S2. The zero-order valence-electron chi connectivity index (χ0n) is 20.9. The largest absolute Gasteiger partial charge is 0.378 e. The van der Waals surface area contributed by atoms with Crippen molar-refractivity contribution in [3.63, 3.8) is 0 Å². The molecule has 0 amide bonds. The molecule has 2 saturated heterocycles. The van der Waals surface area contributed by atoms with Crippen LogP contribution in [0.5, 0.6) is 0 Å². The molecule has 2 aliphatic rings. The fourth-order valence-electron chi connectivity index (χ4n) is 5.13. The lowest BCUT2D eigenvalue weighted by Crippen LogP contribution is -2.41. The van der Waals surface area contributed by atoms with Crippen LogP contribution in [-0.4, -0.2) is 96.5 Å². The highest BCUT2D eigenvalue weighted by Crippen LogP contribution is 2.36. The molecule has 0 spiro atoms. The minimum Gasteiger partial charge on any atom is -0.378 e. The number of aromatic nitrogens is 4. The van der Waals surface area contributed by atoms with E-state index in [1.807, 2.05) is 24.4 Å². The van der Waals surface area contributed by atoms with E-state index in [0.717, 1.165) is 78.1 Å². The molecule has 0 bridgehead atoms. The molecule has 0 radical (unpaired) electrons. The van der Waals surface area contributed by atoms with Gasteiger partial charge < -0.3 is 9.64 Å². The quantitative estimate of drug-likeness (QED) is 0.411. The smallest absolute Gasteiger partial charge is 0.211 e. The van der Waals surface area contributed by atoms with Crippen molar-refractivity contribution < 1.29 is 13.2 Å². The molecule has 1 aromatic carbocycles. The molecule has 0 atom stereocenters. The maximum absolute atomic E-state index is 12.1. The van der Waals surface area contributed by atoms with Crippen LogP contribution in [0.2, 0.25) is 0 Å². The standard InChI is InChI=1S/C25H31N7O3S2/c1-37(33,34)32-8-3-2-7-30(9-10-32)17-18-15-22-23(36-18)25(31-11-13-35-14-12-31)28-24(27-22)19-5-4-6-21-20(19)16-26-29-21/h4-6,15-16H,2-3,7-14,17H2,1H3,(H,26,29). The van der Waals surface area contributed by atoms with E-state index in [1.165, 1.54) is 11.1 Å². The fourth-order valence-corrected chi connectivity index (χ4v) is 7.15. The van der Waals surface area contributed by atoms with E-state index in [-0.39, 0.29) is 0 Å². The average molecular weight is 542 g/mol. The molecule has 37 heavy (non-hydrogen) atoms. The van der Waals surface area contributed by atoms with E-state index in [4.69, 9.17) is 14.7 Å². The predicted molar refractivity (Wildman–Crippen MR) is 146 cm³/mol. The lowest BCUT2D eigenvalue weighted by atomic mass is 10.1. The zero-order valence-corrected chi connectivity index (χ0v) is 22.5. The van der Waals surface area contributed by atoms with Crippen LogP contribution in [0.1, 0.15) is 17.7 Å². The third-order valence-corrected chi connectivity index (χ3v) is 9.50. The van der Waals surface area contributed by atoms with Crippen LogP contribution in [0.3, 0.4) is 0 Å². The Morgan fingerprint density at radius 2 is 1.89 bits per heavy atom. The fraction of sp³-hybridized carbons (Fsp3) is 0.480. The van der Waals surface area contributed by atoms with Gasteiger partial charge in [-0.1, -0.05) is 12.1 Å². The minimum absolute atomic E-state index is 0.529. The summed E-state index contributed by atoms with van der Waals surface area (Å²) in [4.78, 5) is 16.0. The van der Waals surface area contributed by atoms with Crippen molar-refractivity contribution in [1.29, 1.82) is 0 Å². The first-order valence-corrected chi connectivity index (χ1v) is 15.4. The zero-order chi connectivity index (χ0) is 25.4. The highest BCUT2D eigenvalue weighted by molar-refractivity contribution is 7.88. The molecule has 0 saturated carbocycles. The maximum Gasteiger partial charge on any atom is 0.211 e. The number of nitrogens with zero attached hydrogens (tertiary/aromatic N) is 6. The van der Waals surface area contributed by atoms with Crippen molar-refractivity contribution in [3.8, 4) is 11.4 Å². The van der Waals surface area contributed by atoms with Crippen LogP contribution < -0.4 is 4.90 Å². The number of hydrogen-bond donors (Lipinski definition) is 1. The summed E-state index contributed by atoms with van der Waals surface area (Å²) < 4.78 is 32.5. The Morgan fingerprint density at radius 1 is 1.05 bits per heavy atom. The van der Waals surface area contributed by atoms with Gasteiger partial charge in [0.05, 0.1) is 41.4 Å². The van der Waals surface area contributed by atoms with Gasteiger partial charge in [0.25, 0.3) is 0 Å². The first kappa shape index (κ1) is 24.7. The van der Waals surface area contributed by atoms with Gasteiger partial charge in [0, 0.05) is 55.1 Å². The highest BCUT2D eigenvalue weighted by atomic mass is 32.2. The van der Waals surface area contributed by atoms with E-state index in [2.05, 4.69) is 26.1 Å². The van der Waals surface area contributed by atoms with E-state index in [1.54, 1.807) is 15.6 Å². The Kier molecular flexibility index (Phi) is 6.84. The lowest BCUT2D eigenvalue weighted by Gasteiger charge is -2.29.